The molecule has 2 heterocycles. The third-order valence-corrected chi connectivity index (χ3v) is 4.19. The Hall–Kier alpha value is -2.34. The molecular weight excluding hydrogens is 318 g/mol. The fourth-order valence-electron chi connectivity index (χ4n) is 2.77. The molecule has 1 aliphatic rings. The highest BCUT2D eigenvalue weighted by molar-refractivity contribution is 6.31. The number of methoxy groups -OCH3 is 1. The van der Waals surface area contributed by atoms with E-state index in [4.69, 9.17) is 16.3 Å². The topological polar surface area (TPSA) is 68.5 Å². The van der Waals surface area contributed by atoms with Crippen molar-refractivity contribution in [2.24, 2.45) is 0 Å². The molecule has 0 radical (unpaired) electrons. The van der Waals surface area contributed by atoms with Gasteiger partial charge in [0.2, 0.25) is 5.15 Å². The number of aromatic nitrogens is 1. The van der Waals surface area contributed by atoms with Crippen LogP contribution in [0, 0.1) is 10.1 Å². The summed E-state index contributed by atoms with van der Waals surface area (Å²) in [5, 5.41) is 10.9. The summed E-state index contributed by atoms with van der Waals surface area (Å²) in [5.74, 6) is 1.55. The molecule has 0 spiro atoms. The number of rotatable bonds is 4. The fraction of sp³-hybridized carbons (Fsp3) is 0.312. The highest BCUT2D eigenvalue weighted by Crippen LogP contribution is 2.33. The van der Waals surface area contributed by atoms with E-state index in [2.05, 4.69) is 9.88 Å². The van der Waals surface area contributed by atoms with Gasteiger partial charge in [0.15, 0.2) is 0 Å². The van der Waals surface area contributed by atoms with E-state index in [-0.39, 0.29) is 10.8 Å². The van der Waals surface area contributed by atoms with Gasteiger partial charge in [-0.1, -0.05) is 23.7 Å². The number of anilines is 1. The highest BCUT2D eigenvalue weighted by atomic mass is 35.5. The van der Waals surface area contributed by atoms with Crippen LogP contribution in [0.15, 0.2) is 30.3 Å². The van der Waals surface area contributed by atoms with Crippen LogP contribution in [0.25, 0.3) is 0 Å². The SMILES string of the molecule is COc1ccc(CN2CCCc3cc([N+](=O)[O-])c(Cl)nc32)cc1. The van der Waals surface area contributed by atoms with E-state index in [1.54, 1.807) is 13.2 Å². The second-order valence-corrected chi connectivity index (χ2v) is 5.77. The number of hydrogen-bond donors (Lipinski definition) is 0. The first-order valence-corrected chi connectivity index (χ1v) is 7.68. The lowest BCUT2D eigenvalue weighted by Gasteiger charge is -2.30. The maximum absolute atomic E-state index is 11.0. The average Bonchev–Trinajstić information content (AvgIpc) is 2.55. The third-order valence-electron chi connectivity index (χ3n) is 3.92. The molecule has 1 aromatic heterocycles. The van der Waals surface area contributed by atoms with E-state index >= 15 is 0 Å². The van der Waals surface area contributed by atoms with E-state index in [0.29, 0.717) is 6.54 Å². The molecule has 6 nitrogen and oxygen atoms in total. The number of fused-ring (bicyclic) bond motifs is 1. The molecule has 0 N–H and O–H groups in total. The number of halogens is 1. The van der Waals surface area contributed by atoms with Crippen LogP contribution in [0.3, 0.4) is 0 Å². The van der Waals surface area contributed by atoms with Crippen molar-refractivity contribution in [3.05, 3.63) is 56.7 Å². The number of benzene rings is 1. The summed E-state index contributed by atoms with van der Waals surface area (Å²) in [6, 6.07) is 9.37. The number of pyridine rings is 1. The van der Waals surface area contributed by atoms with Crippen molar-refractivity contribution in [2.75, 3.05) is 18.6 Å². The van der Waals surface area contributed by atoms with Gasteiger partial charge in [-0.3, -0.25) is 10.1 Å². The molecule has 0 unspecified atom stereocenters. The summed E-state index contributed by atoms with van der Waals surface area (Å²) in [7, 11) is 1.63. The Morgan fingerprint density at radius 2 is 2.13 bits per heavy atom. The van der Waals surface area contributed by atoms with Gasteiger partial charge in [-0.25, -0.2) is 4.98 Å². The Kier molecular flexibility index (Phi) is 4.34. The molecule has 3 rings (SSSR count). The van der Waals surface area contributed by atoms with Crippen molar-refractivity contribution in [3.8, 4) is 5.75 Å². The zero-order valence-corrected chi connectivity index (χ0v) is 13.4. The molecule has 0 saturated carbocycles. The van der Waals surface area contributed by atoms with Crippen LogP contribution in [0.1, 0.15) is 17.5 Å². The van der Waals surface area contributed by atoms with Crippen LogP contribution in [0.4, 0.5) is 11.5 Å². The molecule has 0 fully saturated rings. The minimum atomic E-state index is -0.488. The van der Waals surface area contributed by atoms with Crippen molar-refractivity contribution >= 4 is 23.1 Å². The van der Waals surface area contributed by atoms with E-state index in [0.717, 1.165) is 42.1 Å². The summed E-state index contributed by atoms with van der Waals surface area (Å²) in [4.78, 5) is 16.9. The van der Waals surface area contributed by atoms with E-state index in [1.807, 2.05) is 24.3 Å². The number of hydrogen-bond acceptors (Lipinski definition) is 5. The van der Waals surface area contributed by atoms with Crippen LogP contribution < -0.4 is 9.64 Å². The van der Waals surface area contributed by atoms with Crippen molar-refractivity contribution < 1.29 is 9.66 Å². The number of nitro groups is 1. The Balaban J connectivity index is 1.88. The molecule has 1 aromatic carbocycles. The maximum Gasteiger partial charge on any atom is 0.306 e. The highest BCUT2D eigenvalue weighted by Gasteiger charge is 2.24. The predicted octanol–water partition coefficient (Wildman–Crippen LogP) is 3.60. The van der Waals surface area contributed by atoms with Gasteiger partial charge in [0.1, 0.15) is 11.6 Å². The Bertz CT molecular complexity index is 734. The summed E-state index contributed by atoms with van der Waals surface area (Å²) in [5.41, 5.74) is 1.87. The second-order valence-electron chi connectivity index (χ2n) is 5.41. The normalized spacial score (nSPS) is 13.6. The lowest BCUT2D eigenvalue weighted by Crippen LogP contribution is -2.30. The quantitative estimate of drug-likeness (QED) is 0.485. The molecule has 0 atom stereocenters. The molecule has 0 amide bonds. The van der Waals surface area contributed by atoms with Gasteiger partial charge in [-0.2, -0.15) is 0 Å². The van der Waals surface area contributed by atoms with Crippen LogP contribution in [0.5, 0.6) is 5.75 Å². The summed E-state index contributed by atoms with van der Waals surface area (Å²) in [6.07, 6.45) is 1.71. The van der Waals surface area contributed by atoms with Gasteiger partial charge in [0.25, 0.3) is 0 Å². The van der Waals surface area contributed by atoms with E-state index in [9.17, 15) is 10.1 Å². The van der Waals surface area contributed by atoms with Gasteiger partial charge in [-0.15, -0.1) is 0 Å². The Morgan fingerprint density at radius 3 is 2.78 bits per heavy atom. The largest absolute Gasteiger partial charge is 0.497 e. The van der Waals surface area contributed by atoms with Gasteiger partial charge in [-0.05, 0) is 30.5 Å². The van der Waals surface area contributed by atoms with Crippen LogP contribution in [-0.2, 0) is 13.0 Å². The standard InChI is InChI=1S/C16H16ClN3O3/c1-23-13-6-4-11(5-7-13)10-19-8-2-3-12-9-14(20(21)22)15(17)18-16(12)19/h4-7,9H,2-3,8,10H2,1H3. The molecule has 0 aliphatic carbocycles. The number of aryl methyl sites for hydroxylation is 1. The summed E-state index contributed by atoms with van der Waals surface area (Å²) in [6.45, 7) is 1.53. The zero-order valence-electron chi connectivity index (χ0n) is 12.7. The average molecular weight is 334 g/mol. The second kappa shape index (κ2) is 6.42. The smallest absolute Gasteiger partial charge is 0.306 e. The first kappa shape index (κ1) is 15.6. The van der Waals surface area contributed by atoms with Crippen molar-refractivity contribution in [2.45, 2.75) is 19.4 Å². The number of nitrogens with zero attached hydrogens (tertiary/aromatic N) is 3. The minimum absolute atomic E-state index is 0.0598. The molecule has 2 aromatic rings. The molecule has 23 heavy (non-hydrogen) atoms. The molecular formula is C16H16ClN3O3. The van der Waals surface area contributed by atoms with Crippen molar-refractivity contribution in [3.63, 3.8) is 0 Å². The zero-order chi connectivity index (χ0) is 16.4. The molecule has 120 valence electrons. The summed E-state index contributed by atoms with van der Waals surface area (Å²) >= 11 is 5.97. The molecule has 7 heteroatoms. The third kappa shape index (κ3) is 3.22. The van der Waals surface area contributed by atoms with Gasteiger partial charge < -0.3 is 9.64 Å². The monoisotopic (exact) mass is 333 g/mol. The summed E-state index contributed by atoms with van der Waals surface area (Å²) < 4.78 is 5.16. The predicted molar refractivity (Wildman–Crippen MR) is 88.3 cm³/mol. The van der Waals surface area contributed by atoms with Gasteiger partial charge in [0, 0.05) is 24.7 Å². The van der Waals surface area contributed by atoms with Crippen LogP contribution >= 0.6 is 11.6 Å². The lowest BCUT2D eigenvalue weighted by molar-refractivity contribution is -0.385. The minimum Gasteiger partial charge on any atom is -0.497 e. The maximum atomic E-state index is 11.0. The van der Waals surface area contributed by atoms with Gasteiger partial charge >= 0.3 is 5.69 Å². The van der Waals surface area contributed by atoms with Crippen molar-refractivity contribution in [1.82, 2.24) is 4.98 Å². The molecule has 0 saturated heterocycles. The van der Waals surface area contributed by atoms with Crippen LogP contribution in [0.2, 0.25) is 5.15 Å². The van der Waals surface area contributed by atoms with Crippen LogP contribution in [-0.4, -0.2) is 23.6 Å². The number of ether oxygens (including phenoxy) is 1. The van der Waals surface area contributed by atoms with E-state index in [1.165, 1.54) is 0 Å². The van der Waals surface area contributed by atoms with E-state index < -0.39 is 4.92 Å². The molecule has 0 bridgehead atoms. The lowest BCUT2D eigenvalue weighted by atomic mass is 10.0. The molecule has 1 aliphatic heterocycles. The fourth-order valence-corrected chi connectivity index (χ4v) is 2.97. The Morgan fingerprint density at radius 1 is 1.39 bits per heavy atom. The Labute approximate surface area is 138 Å². The van der Waals surface area contributed by atoms with Gasteiger partial charge in [0.05, 0.1) is 12.0 Å². The first-order valence-electron chi connectivity index (χ1n) is 7.30. The van der Waals surface area contributed by atoms with Crippen molar-refractivity contribution in [1.29, 1.82) is 0 Å². The first-order chi connectivity index (χ1) is 11.1.